The van der Waals surface area contributed by atoms with E-state index in [1.807, 2.05) is 12.1 Å². The molecule has 0 aromatic heterocycles. The van der Waals surface area contributed by atoms with Gasteiger partial charge in [-0.3, -0.25) is 10.2 Å². The maximum atomic E-state index is 12.3. The lowest BCUT2D eigenvalue weighted by Gasteiger charge is -2.22. The number of para-hydroxylation sites is 1. The third-order valence-electron chi connectivity index (χ3n) is 4.32. The van der Waals surface area contributed by atoms with Crippen LogP contribution in [0.25, 0.3) is 6.08 Å². The van der Waals surface area contributed by atoms with Crippen LogP contribution in [0.4, 0.5) is 0 Å². The predicted molar refractivity (Wildman–Crippen MR) is 114 cm³/mol. The van der Waals surface area contributed by atoms with Gasteiger partial charge in [-0.25, -0.2) is 0 Å². The molecule has 1 N–H and O–H groups in total. The monoisotopic (exact) mass is 423 g/mol. The first-order valence-corrected chi connectivity index (χ1v) is 9.59. The van der Waals surface area contributed by atoms with Gasteiger partial charge in [-0.05, 0) is 42.8 Å². The van der Waals surface area contributed by atoms with Crippen molar-refractivity contribution < 1.29 is 19.1 Å². The molecule has 0 aliphatic carbocycles. The average Bonchev–Trinajstić information content (AvgIpc) is 3.11. The molecule has 0 unspecified atom stereocenters. The van der Waals surface area contributed by atoms with Crippen molar-refractivity contribution >= 4 is 35.3 Å². The van der Waals surface area contributed by atoms with Gasteiger partial charge in [0.25, 0.3) is 5.91 Å². The van der Waals surface area contributed by atoms with E-state index in [1.54, 1.807) is 55.5 Å². The number of hydrogen-bond donors (Lipinski definition) is 1. The summed E-state index contributed by atoms with van der Waals surface area (Å²) in [5.74, 6) is 1.65. The Morgan fingerprint density at radius 2 is 1.87 bits per heavy atom. The Bertz CT molecular complexity index is 1090. The molecule has 8 heteroatoms. The molecule has 7 nitrogen and oxygen atoms in total. The van der Waals surface area contributed by atoms with Crippen LogP contribution in [0.15, 0.2) is 70.9 Å². The van der Waals surface area contributed by atoms with Gasteiger partial charge in [-0.2, -0.15) is 4.99 Å². The Morgan fingerprint density at radius 3 is 2.63 bits per heavy atom. The number of allylic oxidation sites excluding steroid dienone is 1. The average molecular weight is 424 g/mol. The van der Waals surface area contributed by atoms with Gasteiger partial charge in [0.05, 0.1) is 10.6 Å². The summed E-state index contributed by atoms with van der Waals surface area (Å²) in [6.07, 6.45) is 3.22. The molecule has 0 fully saturated rings. The number of hydrogen-bond acceptors (Lipinski definition) is 5. The van der Waals surface area contributed by atoms with Crippen LogP contribution in [0.2, 0.25) is 5.02 Å². The van der Waals surface area contributed by atoms with Crippen molar-refractivity contribution in [3.05, 3.63) is 76.5 Å². The lowest BCUT2D eigenvalue weighted by atomic mass is 10.1. The summed E-state index contributed by atoms with van der Waals surface area (Å²) in [6.45, 7) is 2.44. The second-order valence-electron chi connectivity index (χ2n) is 6.52. The summed E-state index contributed by atoms with van der Waals surface area (Å²) in [6, 6.07) is 14.4. The van der Waals surface area contributed by atoms with E-state index in [-0.39, 0.29) is 11.4 Å². The van der Waals surface area contributed by atoms with Gasteiger partial charge >= 0.3 is 0 Å². The Balaban J connectivity index is 1.35. The normalized spacial score (nSPS) is 16.7. The molecule has 30 heavy (non-hydrogen) atoms. The summed E-state index contributed by atoms with van der Waals surface area (Å²) in [4.78, 5) is 21.7. The second-order valence-corrected chi connectivity index (χ2v) is 6.93. The van der Waals surface area contributed by atoms with Crippen molar-refractivity contribution in [3.63, 3.8) is 0 Å². The van der Waals surface area contributed by atoms with E-state index in [0.29, 0.717) is 41.3 Å². The summed E-state index contributed by atoms with van der Waals surface area (Å²) >= 11 is 6.04. The third kappa shape index (κ3) is 4.21. The van der Waals surface area contributed by atoms with Crippen LogP contribution in [-0.4, -0.2) is 35.9 Å². The Labute approximate surface area is 178 Å². The number of rotatable bonds is 6. The van der Waals surface area contributed by atoms with Crippen molar-refractivity contribution in [3.8, 4) is 11.5 Å². The van der Waals surface area contributed by atoms with Gasteiger partial charge in [0.2, 0.25) is 0 Å². The molecule has 2 aliphatic heterocycles. The first kappa shape index (κ1) is 19.7. The number of hydroxylamine groups is 2. The minimum Gasteiger partial charge on any atom is -0.490 e. The molecule has 4 rings (SSSR count). The molecule has 1 amide bonds. The highest BCUT2D eigenvalue weighted by atomic mass is 35.5. The number of nitrogens with zero attached hydrogens (tertiary/aromatic N) is 2. The van der Waals surface area contributed by atoms with Gasteiger partial charge in [0.15, 0.2) is 11.7 Å². The smallest absolute Gasteiger partial charge is 0.282 e. The van der Waals surface area contributed by atoms with Crippen LogP contribution in [0.5, 0.6) is 11.5 Å². The molecular formula is C22H18ClN3O4. The lowest BCUT2D eigenvalue weighted by molar-refractivity contribution is -0.114. The number of aliphatic imine (C=N–C) groups is 1. The fourth-order valence-electron chi connectivity index (χ4n) is 2.90. The SMILES string of the molecule is CC1=CC2=NC(=O)/C(=C\c3ccc(OCCOc4ccccc4Cl)cc3)C(=N)N2O1. The predicted octanol–water partition coefficient (Wildman–Crippen LogP) is 4.25. The molecule has 0 saturated heterocycles. The number of nitrogens with one attached hydrogen (secondary N) is 1. The molecule has 0 spiro atoms. The standard InChI is InChI=1S/C22H18ClN3O4/c1-14-12-20-25-22(27)17(21(24)26(20)30-14)13-15-6-8-16(9-7-15)28-10-11-29-19-5-3-2-4-18(19)23/h2-9,12-13,24H,10-11H2,1H3/b17-13-,24-21?. The molecule has 2 aromatic carbocycles. The van der Waals surface area contributed by atoms with E-state index in [2.05, 4.69) is 4.99 Å². The lowest BCUT2D eigenvalue weighted by Crippen LogP contribution is -2.38. The zero-order valence-corrected chi connectivity index (χ0v) is 16.8. The van der Waals surface area contributed by atoms with Crippen LogP contribution >= 0.6 is 11.6 Å². The number of amides is 1. The highest BCUT2D eigenvalue weighted by molar-refractivity contribution is 6.32. The fraction of sp³-hybridized carbons (Fsp3) is 0.136. The maximum Gasteiger partial charge on any atom is 0.282 e. The minimum atomic E-state index is -0.474. The van der Waals surface area contributed by atoms with Crippen LogP contribution in [0, 0.1) is 5.41 Å². The fourth-order valence-corrected chi connectivity index (χ4v) is 3.09. The largest absolute Gasteiger partial charge is 0.490 e. The van der Waals surface area contributed by atoms with Crippen molar-refractivity contribution in [2.45, 2.75) is 6.92 Å². The summed E-state index contributed by atoms with van der Waals surface area (Å²) in [7, 11) is 0. The molecule has 0 atom stereocenters. The summed E-state index contributed by atoms with van der Waals surface area (Å²) in [5, 5.41) is 10.0. The summed E-state index contributed by atoms with van der Waals surface area (Å²) < 4.78 is 11.3. The molecular weight excluding hydrogens is 406 g/mol. The topological polar surface area (TPSA) is 84.2 Å². The van der Waals surface area contributed by atoms with E-state index in [0.717, 1.165) is 5.56 Å². The summed E-state index contributed by atoms with van der Waals surface area (Å²) in [5.41, 5.74) is 0.897. The van der Waals surface area contributed by atoms with E-state index >= 15 is 0 Å². The minimum absolute atomic E-state index is 0.0462. The van der Waals surface area contributed by atoms with E-state index in [1.165, 1.54) is 5.06 Å². The number of carbonyl (C=O) groups is 1. The van der Waals surface area contributed by atoms with E-state index < -0.39 is 5.91 Å². The van der Waals surface area contributed by atoms with Crippen LogP contribution in [0.1, 0.15) is 12.5 Å². The molecule has 2 heterocycles. The molecule has 152 valence electrons. The van der Waals surface area contributed by atoms with Gasteiger partial charge in [0, 0.05) is 6.08 Å². The first-order valence-electron chi connectivity index (χ1n) is 9.21. The number of fused-ring (bicyclic) bond motifs is 1. The van der Waals surface area contributed by atoms with Crippen LogP contribution in [0.3, 0.4) is 0 Å². The van der Waals surface area contributed by atoms with Gasteiger partial charge in [0.1, 0.15) is 30.5 Å². The zero-order chi connectivity index (χ0) is 21.1. The Morgan fingerprint density at radius 1 is 1.13 bits per heavy atom. The van der Waals surface area contributed by atoms with E-state index in [9.17, 15) is 4.79 Å². The van der Waals surface area contributed by atoms with Gasteiger partial charge in [-0.1, -0.05) is 35.9 Å². The maximum absolute atomic E-state index is 12.3. The quantitative estimate of drug-likeness (QED) is 0.554. The molecule has 0 radical (unpaired) electrons. The van der Waals surface area contributed by atoms with E-state index in [4.69, 9.17) is 31.3 Å². The van der Waals surface area contributed by atoms with Gasteiger partial charge < -0.3 is 14.3 Å². The van der Waals surface area contributed by atoms with Crippen LogP contribution < -0.4 is 9.47 Å². The first-order chi connectivity index (χ1) is 14.5. The Hall–Kier alpha value is -3.58. The van der Waals surface area contributed by atoms with Crippen molar-refractivity contribution in [2.24, 2.45) is 4.99 Å². The number of benzene rings is 2. The Kier molecular flexibility index (Phi) is 5.54. The number of carbonyl (C=O) groups excluding carboxylic acids is 1. The molecule has 0 saturated carbocycles. The number of amidine groups is 2. The van der Waals surface area contributed by atoms with Crippen molar-refractivity contribution in [2.75, 3.05) is 13.2 Å². The van der Waals surface area contributed by atoms with Crippen molar-refractivity contribution in [1.82, 2.24) is 5.06 Å². The highest BCUT2D eigenvalue weighted by Gasteiger charge is 2.34. The zero-order valence-electron chi connectivity index (χ0n) is 16.1. The van der Waals surface area contributed by atoms with Crippen molar-refractivity contribution in [1.29, 1.82) is 5.41 Å². The second kappa shape index (κ2) is 8.42. The molecule has 2 aromatic rings. The highest BCUT2D eigenvalue weighted by Crippen LogP contribution is 2.25. The third-order valence-corrected chi connectivity index (χ3v) is 4.63. The van der Waals surface area contributed by atoms with Gasteiger partial charge in [-0.15, -0.1) is 5.06 Å². The molecule has 2 aliphatic rings. The number of ether oxygens (including phenoxy) is 2. The molecule has 0 bridgehead atoms. The van der Waals surface area contributed by atoms with Crippen LogP contribution in [-0.2, 0) is 9.63 Å². The number of halogens is 1.